The first-order chi connectivity index (χ1) is 12.0. The van der Waals surface area contributed by atoms with Gasteiger partial charge in [0.2, 0.25) is 6.49 Å². The van der Waals surface area contributed by atoms with Gasteiger partial charge in [-0.15, -0.1) is 0 Å². The van der Waals surface area contributed by atoms with Crippen LogP contribution in [0.25, 0.3) is 0 Å². The molecule has 4 rings (SSSR count). The van der Waals surface area contributed by atoms with Crippen LogP contribution in [0, 0.1) is 5.41 Å². The summed E-state index contributed by atoms with van der Waals surface area (Å²) in [7, 11) is 0. The molecule has 25 heavy (non-hydrogen) atoms. The van der Waals surface area contributed by atoms with Crippen molar-refractivity contribution in [1.82, 2.24) is 0 Å². The van der Waals surface area contributed by atoms with E-state index in [0.717, 1.165) is 22.1 Å². The molecule has 0 saturated carbocycles. The van der Waals surface area contributed by atoms with Crippen molar-refractivity contribution in [1.29, 1.82) is 0 Å². The van der Waals surface area contributed by atoms with Gasteiger partial charge in [0.05, 0.1) is 19.8 Å². The maximum atomic E-state index is 6.09. The van der Waals surface area contributed by atoms with Gasteiger partial charge in [-0.05, 0) is 23.9 Å². The molecule has 132 valence electrons. The molecule has 0 bridgehead atoms. The van der Waals surface area contributed by atoms with Gasteiger partial charge in [0, 0.05) is 27.5 Å². The van der Waals surface area contributed by atoms with E-state index in [0.29, 0.717) is 19.8 Å². The minimum absolute atomic E-state index is 0.00418. The second-order valence-corrected chi connectivity index (χ2v) is 10.7. The van der Waals surface area contributed by atoms with Crippen LogP contribution in [0.2, 0.25) is 0 Å². The van der Waals surface area contributed by atoms with Crippen molar-refractivity contribution in [3.05, 3.63) is 59.7 Å². The van der Waals surface area contributed by atoms with Crippen molar-refractivity contribution >= 4 is 29.3 Å². The summed E-state index contributed by atoms with van der Waals surface area (Å²) in [6, 6.07) is 16.2. The molecule has 2 aromatic rings. The summed E-state index contributed by atoms with van der Waals surface area (Å²) < 4.78 is 18.2. The van der Waals surface area contributed by atoms with E-state index in [4.69, 9.17) is 25.6 Å². The van der Waals surface area contributed by atoms with Crippen LogP contribution in [-0.4, -0.2) is 13.2 Å². The van der Waals surface area contributed by atoms with E-state index in [2.05, 4.69) is 31.3 Å². The van der Waals surface area contributed by atoms with Crippen LogP contribution < -0.4 is 10.6 Å². The van der Waals surface area contributed by atoms with Gasteiger partial charge in [-0.3, -0.25) is 0 Å². The molecule has 0 aromatic heterocycles. The Morgan fingerprint density at radius 2 is 1.72 bits per heavy atom. The highest BCUT2D eigenvalue weighted by Crippen LogP contribution is 2.54. The molecule has 2 heterocycles. The van der Waals surface area contributed by atoms with E-state index in [1.54, 1.807) is 0 Å². The monoisotopic (exact) mass is 375 g/mol. The van der Waals surface area contributed by atoms with Gasteiger partial charge in [0.25, 0.3) is 0 Å². The number of ether oxygens (including phenoxy) is 1. The number of benzene rings is 2. The highest BCUT2D eigenvalue weighted by atomic mass is 32.5. The van der Waals surface area contributed by atoms with Gasteiger partial charge in [-0.1, -0.05) is 50.2 Å². The van der Waals surface area contributed by atoms with Crippen LogP contribution in [0.3, 0.4) is 0 Å². The molecule has 1 N–H and O–H groups in total. The molecular formula is C19H22NO3PS. The van der Waals surface area contributed by atoms with Crippen molar-refractivity contribution < 1.29 is 13.8 Å². The first-order valence-corrected chi connectivity index (χ1v) is 11.1. The second-order valence-electron chi connectivity index (χ2n) is 7.26. The number of fused-ring (bicyclic) bond motifs is 1. The summed E-state index contributed by atoms with van der Waals surface area (Å²) in [6.07, 6.45) is -0.256. The number of rotatable bonds is 2. The number of para-hydroxylation sites is 1. The number of nitrogens with one attached hydrogen (secondary N) is 1. The van der Waals surface area contributed by atoms with Gasteiger partial charge < -0.3 is 19.1 Å². The standard InChI is InChI=1S/C19H22NO3PS/c1-19(2)12-22-24(25,23-13-19)17-10-6-4-8-15(17)18-20-16-9-5-3-7-14(16)11-21-18/h3-10,18,20H,11-13H2,1-2H3. The third-order valence-corrected chi connectivity index (χ3v) is 7.63. The minimum Gasteiger partial charge on any atom is -0.356 e. The summed E-state index contributed by atoms with van der Waals surface area (Å²) >= 11 is 5.84. The third kappa shape index (κ3) is 3.40. The van der Waals surface area contributed by atoms with Crippen LogP contribution in [0.15, 0.2) is 48.5 Å². The maximum Gasteiger partial charge on any atom is 0.219 e. The van der Waals surface area contributed by atoms with Gasteiger partial charge in [0.1, 0.15) is 0 Å². The molecular weight excluding hydrogens is 353 g/mol. The highest BCUT2D eigenvalue weighted by molar-refractivity contribution is 8.13. The quantitative estimate of drug-likeness (QED) is 0.791. The molecule has 6 heteroatoms. The van der Waals surface area contributed by atoms with E-state index in [-0.39, 0.29) is 11.6 Å². The second kappa shape index (κ2) is 6.49. The van der Waals surface area contributed by atoms with Crippen molar-refractivity contribution in [2.75, 3.05) is 18.5 Å². The first kappa shape index (κ1) is 17.2. The van der Waals surface area contributed by atoms with E-state index in [1.165, 1.54) is 0 Å². The van der Waals surface area contributed by atoms with Crippen LogP contribution >= 0.6 is 6.49 Å². The summed E-state index contributed by atoms with van der Waals surface area (Å²) in [6.45, 7) is 3.52. The average Bonchev–Trinajstić information content (AvgIpc) is 2.64. The summed E-state index contributed by atoms with van der Waals surface area (Å²) in [5.41, 5.74) is 3.25. The fourth-order valence-corrected chi connectivity index (χ4v) is 5.99. The van der Waals surface area contributed by atoms with Crippen molar-refractivity contribution in [2.45, 2.75) is 26.7 Å². The fraction of sp³-hybridized carbons (Fsp3) is 0.368. The van der Waals surface area contributed by atoms with E-state index < -0.39 is 6.49 Å². The lowest BCUT2D eigenvalue weighted by atomic mass is 9.97. The third-order valence-electron chi connectivity index (χ3n) is 4.47. The lowest BCUT2D eigenvalue weighted by molar-refractivity contribution is 0.0499. The Bertz CT molecular complexity index is 825. The minimum atomic E-state index is -2.52. The van der Waals surface area contributed by atoms with Crippen LogP contribution in [0.5, 0.6) is 0 Å². The molecule has 1 fully saturated rings. The molecule has 4 nitrogen and oxygen atoms in total. The van der Waals surface area contributed by atoms with Crippen molar-refractivity contribution in [3.63, 3.8) is 0 Å². The van der Waals surface area contributed by atoms with Gasteiger partial charge in [0.15, 0.2) is 6.23 Å². The Labute approximate surface area is 153 Å². The number of anilines is 1. The molecule has 0 spiro atoms. The zero-order valence-electron chi connectivity index (χ0n) is 14.4. The Balaban J connectivity index is 1.66. The zero-order valence-corrected chi connectivity index (χ0v) is 16.1. The summed E-state index contributed by atoms with van der Waals surface area (Å²) in [5, 5.41) is 4.41. The number of hydrogen-bond donors (Lipinski definition) is 1. The van der Waals surface area contributed by atoms with Crippen LogP contribution in [0.4, 0.5) is 5.69 Å². The van der Waals surface area contributed by atoms with Gasteiger partial charge in [-0.25, -0.2) is 0 Å². The van der Waals surface area contributed by atoms with E-state index >= 15 is 0 Å². The SMILES string of the molecule is CC1(C)COP(=S)(c2ccccc2C2Nc3ccccc3CO2)OC1. The van der Waals surface area contributed by atoms with Crippen LogP contribution in [0.1, 0.15) is 31.2 Å². The van der Waals surface area contributed by atoms with Gasteiger partial charge >= 0.3 is 0 Å². The maximum absolute atomic E-state index is 6.09. The Hall–Kier alpha value is -1.23. The highest BCUT2D eigenvalue weighted by Gasteiger charge is 2.37. The van der Waals surface area contributed by atoms with Crippen molar-refractivity contribution in [3.8, 4) is 0 Å². The molecule has 0 amide bonds. The average molecular weight is 375 g/mol. The molecule has 2 aliphatic heterocycles. The smallest absolute Gasteiger partial charge is 0.219 e. The molecule has 0 aliphatic carbocycles. The summed E-state index contributed by atoms with van der Waals surface area (Å²) in [4.78, 5) is 0. The molecule has 2 aliphatic rings. The largest absolute Gasteiger partial charge is 0.356 e. The van der Waals surface area contributed by atoms with E-state index in [9.17, 15) is 0 Å². The normalized spacial score (nSPS) is 24.2. The lowest BCUT2D eigenvalue weighted by Crippen LogP contribution is -2.34. The van der Waals surface area contributed by atoms with Crippen LogP contribution in [-0.2, 0) is 32.2 Å². The first-order valence-electron chi connectivity index (χ1n) is 8.42. The molecule has 1 atom stereocenters. The zero-order chi connectivity index (χ0) is 17.5. The Kier molecular flexibility index (Phi) is 4.47. The van der Waals surface area contributed by atoms with Crippen molar-refractivity contribution in [2.24, 2.45) is 5.41 Å². The number of hydrogen-bond acceptors (Lipinski definition) is 5. The Morgan fingerprint density at radius 3 is 2.52 bits per heavy atom. The van der Waals surface area contributed by atoms with E-state index in [1.807, 2.05) is 36.4 Å². The molecule has 2 aromatic carbocycles. The predicted octanol–water partition coefficient (Wildman–Crippen LogP) is 4.34. The molecule has 1 saturated heterocycles. The fourth-order valence-electron chi connectivity index (χ4n) is 3.01. The molecule has 0 radical (unpaired) electrons. The topological polar surface area (TPSA) is 39.7 Å². The Morgan fingerprint density at radius 1 is 1.04 bits per heavy atom. The van der Waals surface area contributed by atoms with Gasteiger partial charge in [-0.2, -0.15) is 0 Å². The lowest BCUT2D eigenvalue weighted by Gasteiger charge is -2.38. The predicted molar refractivity (Wildman–Crippen MR) is 104 cm³/mol. The molecule has 1 unspecified atom stereocenters. The summed E-state index contributed by atoms with van der Waals surface area (Å²) in [5.74, 6) is 0.